The summed E-state index contributed by atoms with van der Waals surface area (Å²) in [7, 11) is 2.04. The van der Waals surface area contributed by atoms with Gasteiger partial charge in [-0.05, 0) is 32.3 Å². The highest BCUT2D eigenvalue weighted by molar-refractivity contribution is 5.24. The smallest absolute Gasteiger partial charge is 0.0540 e. The summed E-state index contributed by atoms with van der Waals surface area (Å²) in [6.45, 7) is 3.91. The summed E-state index contributed by atoms with van der Waals surface area (Å²) in [6, 6.07) is 2.52. The van der Waals surface area contributed by atoms with Gasteiger partial charge < -0.3 is 5.32 Å². The molecule has 1 aliphatic rings. The number of aryl methyl sites for hydroxylation is 2. The summed E-state index contributed by atoms with van der Waals surface area (Å²) in [5.41, 5.74) is 4.00. The molecule has 0 amide bonds. The molecule has 19 heavy (non-hydrogen) atoms. The molecule has 2 aromatic rings. The number of nitrogens with zero attached hydrogens (tertiary/aromatic N) is 4. The summed E-state index contributed by atoms with van der Waals surface area (Å²) in [4.78, 5) is 0. The minimum absolute atomic E-state index is 0.428. The molecule has 0 fully saturated rings. The normalized spacial score (nSPS) is 18.5. The Labute approximate surface area is 113 Å². The van der Waals surface area contributed by atoms with E-state index in [1.807, 2.05) is 28.8 Å². The first-order valence-electron chi connectivity index (χ1n) is 7.04. The van der Waals surface area contributed by atoms with Crippen LogP contribution in [0.2, 0.25) is 0 Å². The van der Waals surface area contributed by atoms with Gasteiger partial charge in [0.2, 0.25) is 0 Å². The Morgan fingerprint density at radius 1 is 1.42 bits per heavy atom. The maximum Gasteiger partial charge on any atom is 0.0540 e. The van der Waals surface area contributed by atoms with Gasteiger partial charge in [0.25, 0.3) is 0 Å². The first kappa shape index (κ1) is 12.4. The van der Waals surface area contributed by atoms with Gasteiger partial charge in [-0.2, -0.15) is 10.2 Å². The van der Waals surface area contributed by atoms with E-state index in [-0.39, 0.29) is 0 Å². The largest absolute Gasteiger partial charge is 0.304 e. The topological polar surface area (TPSA) is 47.7 Å². The molecule has 2 aromatic heterocycles. The number of hydrogen-bond donors (Lipinski definition) is 1. The number of rotatable bonds is 4. The predicted octanol–water partition coefficient (Wildman–Crippen LogP) is 1.80. The van der Waals surface area contributed by atoms with Crippen molar-refractivity contribution in [1.29, 1.82) is 0 Å². The highest BCUT2D eigenvalue weighted by atomic mass is 15.3. The second-order valence-corrected chi connectivity index (χ2v) is 5.13. The first-order chi connectivity index (χ1) is 9.29. The quantitative estimate of drug-likeness (QED) is 0.911. The van der Waals surface area contributed by atoms with Crippen molar-refractivity contribution in [2.75, 3.05) is 0 Å². The molecule has 2 heterocycles. The van der Waals surface area contributed by atoms with E-state index in [1.54, 1.807) is 0 Å². The summed E-state index contributed by atoms with van der Waals surface area (Å²) in [6.07, 6.45) is 7.47. The minimum Gasteiger partial charge on any atom is -0.304 e. The second kappa shape index (κ2) is 5.17. The lowest BCUT2D eigenvalue weighted by atomic mass is 9.93. The van der Waals surface area contributed by atoms with E-state index in [4.69, 9.17) is 0 Å². The van der Waals surface area contributed by atoms with Crippen molar-refractivity contribution >= 4 is 0 Å². The molecule has 0 aliphatic heterocycles. The van der Waals surface area contributed by atoms with Crippen LogP contribution in [0.25, 0.3) is 0 Å². The van der Waals surface area contributed by atoms with Gasteiger partial charge in [0.05, 0.1) is 11.9 Å². The Morgan fingerprint density at radius 3 is 3.16 bits per heavy atom. The maximum absolute atomic E-state index is 4.39. The molecule has 0 spiro atoms. The van der Waals surface area contributed by atoms with E-state index in [0.29, 0.717) is 6.04 Å². The monoisotopic (exact) mass is 259 g/mol. The fourth-order valence-electron chi connectivity index (χ4n) is 2.94. The van der Waals surface area contributed by atoms with Crippen molar-refractivity contribution < 1.29 is 0 Å². The molecule has 1 aliphatic carbocycles. The highest BCUT2D eigenvalue weighted by Crippen LogP contribution is 2.29. The third-order valence-electron chi connectivity index (χ3n) is 4.01. The van der Waals surface area contributed by atoms with E-state index in [0.717, 1.165) is 19.5 Å². The highest BCUT2D eigenvalue weighted by Gasteiger charge is 2.23. The van der Waals surface area contributed by atoms with Gasteiger partial charge in [-0.3, -0.25) is 9.36 Å². The first-order valence-corrected chi connectivity index (χ1v) is 7.04. The third kappa shape index (κ3) is 2.30. The van der Waals surface area contributed by atoms with Gasteiger partial charge in [-0.15, -0.1) is 0 Å². The van der Waals surface area contributed by atoms with Crippen LogP contribution in [0, 0.1) is 0 Å². The number of nitrogens with one attached hydrogen (secondary N) is 1. The van der Waals surface area contributed by atoms with Crippen LogP contribution >= 0.6 is 0 Å². The molecule has 5 heteroatoms. The van der Waals surface area contributed by atoms with Gasteiger partial charge in [0.15, 0.2) is 0 Å². The second-order valence-electron chi connectivity index (χ2n) is 5.13. The van der Waals surface area contributed by atoms with Gasteiger partial charge in [0, 0.05) is 43.6 Å². The zero-order valence-electron chi connectivity index (χ0n) is 11.6. The molecule has 3 rings (SSSR count). The van der Waals surface area contributed by atoms with Crippen molar-refractivity contribution in [1.82, 2.24) is 24.9 Å². The Bertz CT molecular complexity index is 554. The lowest BCUT2D eigenvalue weighted by Gasteiger charge is -2.24. The Hall–Kier alpha value is -1.62. The SMILES string of the molecule is CCn1nccc1CNC1CCCc2c1cnn2C. The average molecular weight is 259 g/mol. The van der Waals surface area contributed by atoms with E-state index in [2.05, 4.69) is 28.5 Å². The molecule has 5 nitrogen and oxygen atoms in total. The molecule has 0 bridgehead atoms. The zero-order valence-corrected chi connectivity index (χ0v) is 11.6. The van der Waals surface area contributed by atoms with Crippen molar-refractivity contribution in [3.63, 3.8) is 0 Å². The van der Waals surface area contributed by atoms with Crippen molar-refractivity contribution in [2.45, 2.75) is 45.3 Å². The van der Waals surface area contributed by atoms with Gasteiger partial charge >= 0.3 is 0 Å². The third-order valence-corrected chi connectivity index (χ3v) is 4.01. The van der Waals surface area contributed by atoms with Crippen LogP contribution in [0.4, 0.5) is 0 Å². The van der Waals surface area contributed by atoms with E-state index in [9.17, 15) is 0 Å². The summed E-state index contributed by atoms with van der Waals surface area (Å²) in [5.74, 6) is 0. The molecular formula is C14H21N5. The number of aromatic nitrogens is 4. The molecule has 1 unspecified atom stereocenters. The fourth-order valence-corrected chi connectivity index (χ4v) is 2.94. The predicted molar refractivity (Wildman–Crippen MR) is 73.6 cm³/mol. The van der Waals surface area contributed by atoms with Crippen molar-refractivity contribution in [3.8, 4) is 0 Å². The number of fused-ring (bicyclic) bond motifs is 1. The van der Waals surface area contributed by atoms with Gasteiger partial charge in [-0.1, -0.05) is 0 Å². The van der Waals surface area contributed by atoms with Crippen LogP contribution in [0.5, 0.6) is 0 Å². The molecule has 0 aromatic carbocycles. The van der Waals surface area contributed by atoms with Crippen LogP contribution in [-0.2, 0) is 26.6 Å². The van der Waals surface area contributed by atoms with Crippen molar-refractivity contribution in [2.24, 2.45) is 7.05 Å². The van der Waals surface area contributed by atoms with Crippen molar-refractivity contribution in [3.05, 3.63) is 35.4 Å². The molecular weight excluding hydrogens is 238 g/mol. The van der Waals surface area contributed by atoms with Crippen LogP contribution in [0.1, 0.15) is 42.8 Å². The Kier molecular flexibility index (Phi) is 3.38. The van der Waals surface area contributed by atoms with Crippen LogP contribution < -0.4 is 5.32 Å². The van der Waals surface area contributed by atoms with E-state index in [1.165, 1.54) is 29.8 Å². The minimum atomic E-state index is 0.428. The summed E-state index contributed by atoms with van der Waals surface area (Å²) < 4.78 is 4.06. The van der Waals surface area contributed by atoms with E-state index >= 15 is 0 Å². The Balaban J connectivity index is 1.71. The van der Waals surface area contributed by atoms with Gasteiger partial charge in [0.1, 0.15) is 0 Å². The summed E-state index contributed by atoms with van der Waals surface area (Å²) >= 11 is 0. The molecule has 0 saturated heterocycles. The number of hydrogen-bond acceptors (Lipinski definition) is 3. The van der Waals surface area contributed by atoms with E-state index < -0.39 is 0 Å². The van der Waals surface area contributed by atoms with Crippen LogP contribution in [0.3, 0.4) is 0 Å². The molecule has 0 saturated carbocycles. The molecule has 0 radical (unpaired) electrons. The van der Waals surface area contributed by atoms with Crippen LogP contribution in [0.15, 0.2) is 18.5 Å². The van der Waals surface area contributed by atoms with Crippen LogP contribution in [-0.4, -0.2) is 19.6 Å². The zero-order chi connectivity index (χ0) is 13.2. The maximum atomic E-state index is 4.39. The summed E-state index contributed by atoms with van der Waals surface area (Å²) in [5, 5.41) is 12.3. The fraction of sp³-hybridized carbons (Fsp3) is 0.571. The molecule has 1 atom stereocenters. The van der Waals surface area contributed by atoms with Gasteiger partial charge in [-0.25, -0.2) is 0 Å². The average Bonchev–Trinajstić information content (AvgIpc) is 3.03. The molecule has 1 N–H and O–H groups in total. The lowest BCUT2D eigenvalue weighted by molar-refractivity contribution is 0.441. The standard InChI is InChI=1S/C14H21N5/c1-3-19-11(7-8-16-19)9-15-13-5-4-6-14-12(13)10-17-18(14)2/h7-8,10,13,15H,3-6,9H2,1-2H3. The lowest BCUT2D eigenvalue weighted by Crippen LogP contribution is -2.26. The molecule has 102 valence electrons. The Morgan fingerprint density at radius 2 is 2.32 bits per heavy atom.